The van der Waals surface area contributed by atoms with Crippen molar-refractivity contribution in [2.24, 2.45) is 0 Å². The third-order valence-corrected chi connectivity index (χ3v) is 3.52. The molecule has 1 heterocycles. The van der Waals surface area contributed by atoms with E-state index in [0.29, 0.717) is 0 Å². The molecule has 2 nitrogen and oxygen atoms in total. The lowest BCUT2D eigenvalue weighted by molar-refractivity contribution is 0.409. The number of hydrogen-bond acceptors (Lipinski definition) is 1. The van der Waals surface area contributed by atoms with Crippen molar-refractivity contribution in [1.29, 1.82) is 0 Å². The standard InChI is InChI=1S/C10H15BrN2/c1-2-9-8(6-11)10(13-12-9)7-4-3-5-7/h7H,2-6H2,1H3,(H,12,13). The highest BCUT2D eigenvalue weighted by Crippen LogP contribution is 2.38. The van der Waals surface area contributed by atoms with Crippen molar-refractivity contribution in [1.82, 2.24) is 10.2 Å². The molecule has 2 rings (SSSR count). The Bertz CT molecular complexity index is 289. The van der Waals surface area contributed by atoms with E-state index in [-0.39, 0.29) is 0 Å². The van der Waals surface area contributed by atoms with E-state index in [1.165, 1.54) is 36.2 Å². The summed E-state index contributed by atoms with van der Waals surface area (Å²) in [4.78, 5) is 0. The Balaban J connectivity index is 2.28. The molecule has 1 fully saturated rings. The van der Waals surface area contributed by atoms with Gasteiger partial charge in [0.25, 0.3) is 0 Å². The number of aryl methyl sites for hydroxylation is 1. The van der Waals surface area contributed by atoms with Crippen LogP contribution < -0.4 is 0 Å². The Morgan fingerprint density at radius 3 is 2.77 bits per heavy atom. The van der Waals surface area contributed by atoms with Crippen LogP contribution in [0.5, 0.6) is 0 Å². The van der Waals surface area contributed by atoms with Crippen molar-refractivity contribution in [3.05, 3.63) is 17.0 Å². The molecular weight excluding hydrogens is 228 g/mol. The van der Waals surface area contributed by atoms with Gasteiger partial charge in [0, 0.05) is 22.5 Å². The third-order valence-electron chi connectivity index (χ3n) is 2.96. The van der Waals surface area contributed by atoms with Crippen LogP contribution >= 0.6 is 15.9 Å². The van der Waals surface area contributed by atoms with Crippen LogP contribution in [0.3, 0.4) is 0 Å². The topological polar surface area (TPSA) is 28.7 Å². The van der Waals surface area contributed by atoms with Gasteiger partial charge >= 0.3 is 0 Å². The summed E-state index contributed by atoms with van der Waals surface area (Å²) in [6, 6.07) is 0. The number of rotatable bonds is 3. The van der Waals surface area contributed by atoms with Crippen molar-refractivity contribution in [3.63, 3.8) is 0 Å². The summed E-state index contributed by atoms with van der Waals surface area (Å²) in [6.07, 6.45) is 5.09. The monoisotopic (exact) mass is 242 g/mol. The van der Waals surface area contributed by atoms with Crippen LogP contribution in [0.1, 0.15) is 49.1 Å². The number of nitrogens with one attached hydrogen (secondary N) is 1. The summed E-state index contributed by atoms with van der Waals surface area (Å²) < 4.78 is 0. The van der Waals surface area contributed by atoms with E-state index in [9.17, 15) is 0 Å². The molecule has 72 valence electrons. The summed E-state index contributed by atoms with van der Waals surface area (Å²) >= 11 is 3.54. The van der Waals surface area contributed by atoms with E-state index in [4.69, 9.17) is 0 Å². The normalized spacial score (nSPS) is 17.4. The Labute approximate surface area is 87.2 Å². The lowest BCUT2D eigenvalue weighted by atomic mass is 9.81. The average molecular weight is 243 g/mol. The summed E-state index contributed by atoms with van der Waals surface area (Å²) in [6.45, 7) is 2.17. The van der Waals surface area contributed by atoms with Gasteiger partial charge in [-0.2, -0.15) is 5.10 Å². The van der Waals surface area contributed by atoms with Crippen LogP contribution in [-0.2, 0) is 11.8 Å². The number of H-pyrrole nitrogens is 1. The van der Waals surface area contributed by atoms with Gasteiger partial charge in [-0.05, 0) is 19.3 Å². The number of aromatic amines is 1. The van der Waals surface area contributed by atoms with E-state index in [1.807, 2.05) is 0 Å². The molecule has 0 amide bonds. The first-order valence-corrected chi connectivity index (χ1v) is 6.11. The Morgan fingerprint density at radius 2 is 2.31 bits per heavy atom. The second kappa shape index (κ2) is 3.82. The third kappa shape index (κ3) is 1.54. The van der Waals surface area contributed by atoms with Crippen molar-refractivity contribution in [2.75, 3.05) is 0 Å². The molecule has 13 heavy (non-hydrogen) atoms. The first-order chi connectivity index (χ1) is 6.36. The van der Waals surface area contributed by atoms with Crippen LogP contribution in [0.2, 0.25) is 0 Å². The Kier molecular flexibility index (Phi) is 2.72. The molecule has 0 aromatic carbocycles. The molecule has 0 spiro atoms. The van der Waals surface area contributed by atoms with Crippen molar-refractivity contribution >= 4 is 15.9 Å². The molecule has 1 aliphatic rings. The number of alkyl halides is 1. The van der Waals surface area contributed by atoms with Gasteiger partial charge in [-0.15, -0.1) is 0 Å². The summed E-state index contributed by atoms with van der Waals surface area (Å²) in [5, 5.41) is 8.51. The molecule has 1 saturated carbocycles. The van der Waals surface area contributed by atoms with E-state index in [1.54, 1.807) is 0 Å². The smallest absolute Gasteiger partial charge is 0.0696 e. The molecule has 1 N–H and O–H groups in total. The van der Waals surface area contributed by atoms with Gasteiger partial charge in [0.15, 0.2) is 0 Å². The fraction of sp³-hybridized carbons (Fsp3) is 0.700. The predicted molar refractivity (Wildman–Crippen MR) is 57.2 cm³/mol. The minimum absolute atomic E-state index is 0.740. The molecular formula is C10H15BrN2. The minimum Gasteiger partial charge on any atom is -0.282 e. The second-order valence-corrected chi connectivity index (χ2v) is 4.24. The van der Waals surface area contributed by atoms with Gasteiger partial charge in [0.2, 0.25) is 0 Å². The zero-order valence-corrected chi connectivity index (χ0v) is 9.52. The molecule has 1 aromatic rings. The highest BCUT2D eigenvalue weighted by atomic mass is 79.9. The molecule has 3 heteroatoms. The van der Waals surface area contributed by atoms with Crippen LogP contribution in [0.4, 0.5) is 0 Å². The van der Waals surface area contributed by atoms with Crippen molar-refractivity contribution < 1.29 is 0 Å². The highest BCUT2D eigenvalue weighted by molar-refractivity contribution is 9.08. The molecule has 1 aliphatic carbocycles. The molecule has 0 radical (unpaired) electrons. The Morgan fingerprint density at radius 1 is 1.54 bits per heavy atom. The summed E-state index contributed by atoms with van der Waals surface area (Å²) in [5.74, 6) is 0.740. The molecule has 1 aromatic heterocycles. The number of aromatic nitrogens is 2. The van der Waals surface area contributed by atoms with E-state index >= 15 is 0 Å². The van der Waals surface area contributed by atoms with Crippen molar-refractivity contribution in [2.45, 2.75) is 43.9 Å². The number of nitrogens with zero attached hydrogens (tertiary/aromatic N) is 1. The lowest BCUT2D eigenvalue weighted by Gasteiger charge is -2.24. The Hall–Kier alpha value is -0.310. The largest absolute Gasteiger partial charge is 0.282 e. The van der Waals surface area contributed by atoms with Gasteiger partial charge in [-0.3, -0.25) is 5.10 Å². The average Bonchev–Trinajstić information content (AvgIpc) is 2.44. The van der Waals surface area contributed by atoms with Gasteiger partial charge < -0.3 is 0 Å². The van der Waals surface area contributed by atoms with Crippen molar-refractivity contribution in [3.8, 4) is 0 Å². The maximum atomic E-state index is 4.42. The molecule has 0 bridgehead atoms. The first-order valence-electron chi connectivity index (χ1n) is 4.98. The van der Waals surface area contributed by atoms with Gasteiger partial charge in [0.05, 0.1) is 5.69 Å². The summed E-state index contributed by atoms with van der Waals surface area (Å²) in [5.41, 5.74) is 4.03. The first kappa shape index (κ1) is 9.25. The quantitative estimate of drug-likeness (QED) is 0.811. The van der Waals surface area contributed by atoms with Crippen LogP contribution in [0.15, 0.2) is 0 Å². The molecule has 0 aliphatic heterocycles. The fourth-order valence-electron chi connectivity index (χ4n) is 1.88. The molecule has 0 atom stereocenters. The second-order valence-electron chi connectivity index (χ2n) is 3.68. The van der Waals surface area contributed by atoms with Crippen LogP contribution in [0, 0.1) is 0 Å². The van der Waals surface area contributed by atoms with Gasteiger partial charge in [-0.1, -0.05) is 29.3 Å². The predicted octanol–water partition coefficient (Wildman–Crippen LogP) is 3.13. The molecule has 0 unspecified atom stereocenters. The van der Waals surface area contributed by atoms with Crippen LogP contribution in [0.25, 0.3) is 0 Å². The molecule has 0 saturated heterocycles. The minimum atomic E-state index is 0.740. The SMILES string of the molecule is CCc1[nH]nc(C2CCC2)c1CBr. The van der Waals surface area contributed by atoms with E-state index in [2.05, 4.69) is 33.1 Å². The number of halogens is 1. The highest BCUT2D eigenvalue weighted by Gasteiger charge is 2.25. The van der Waals surface area contributed by atoms with E-state index in [0.717, 1.165) is 17.7 Å². The maximum absolute atomic E-state index is 4.42. The van der Waals surface area contributed by atoms with Gasteiger partial charge in [0.1, 0.15) is 0 Å². The summed E-state index contributed by atoms with van der Waals surface area (Å²) in [7, 11) is 0. The fourth-order valence-corrected chi connectivity index (χ4v) is 2.50. The maximum Gasteiger partial charge on any atom is 0.0696 e. The number of hydrogen-bond donors (Lipinski definition) is 1. The van der Waals surface area contributed by atoms with Crippen LogP contribution in [-0.4, -0.2) is 10.2 Å². The zero-order chi connectivity index (χ0) is 9.26. The zero-order valence-electron chi connectivity index (χ0n) is 7.94. The van der Waals surface area contributed by atoms with E-state index < -0.39 is 0 Å². The lowest BCUT2D eigenvalue weighted by Crippen LogP contribution is -2.10. The van der Waals surface area contributed by atoms with Gasteiger partial charge in [-0.25, -0.2) is 0 Å².